The number of carbonyl (C=O) groups is 1. The average molecular weight is 340 g/mol. The molecule has 0 radical (unpaired) electrons. The summed E-state index contributed by atoms with van der Waals surface area (Å²) in [6, 6.07) is 0. The summed E-state index contributed by atoms with van der Waals surface area (Å²) in [7, 11) is 0. The fourth-order valence-electron chi connectivity index (χ4n) is 1.40. The van der Waals surface area contributed by atoms with Crippen LogP contribution < -0.4 is 10.0 Å². The van der Waals surface area contributed by atoms with Crippen LogP contribution in [-0.2, 0) is 19.0 Å². The Morgan fingerprint density at radius 2 is 1.73 bits per heavy atom. The van der Waals surface area contributed by atoms with E-state index in [1.54, 1.807) is 13.8 Å². The number of amides is 1. The Labute approximate surface area is 138 Å². The highest BCUT2D eigenvalue weighted by molar-refractivity contribution is 7.78. The molecule has 8 heteroatoms. The highest BCUT2D eigenvalue weighted by Crippen LogP contribution is 1.95. The molecule has 0 aromatic carbocycles. The first-order valence-corrected chi connectivity index (χ1v) is 7.97. The van der Waals surface area contributed by atoms with Crippen molar-refractivity contribution in [2.45, 2.75) is 33.0 Å². The van der Waals surface area contributed by atoms with Crippen molar-refractivity contribution in [1.82, 2.24) is 10.0 Å². The van der Waals surface area contributed by atoms with E-state index >= 15 is 0 Å². The summed E-state index contributed by atoms with van der Waals surface area (Å²) < 4.78 is 32.0. The van der Waals surface area contributed by atoms with Crippen molar-refractivity contribution in [2.75, 3.05) is 46.1 Å². The Balaban J connectivity index is 3.33. The molecule has 132 valence electrons. The number of hydrogen-bond donors (Lipinski definition) is 3. The number of thiol groups is 1. The largest absolute Gasteiger partial charge is 0.377 e. The maximum absolute atomic E-state index is 13.4. The summed E-state index contributed by atoms with van der Waals surface area (Å²) in [5.41, 5.74) is 0. The zero-order valence-corrected chi connectivity index (χ0v) is 14.5. The second kappa shape index (κ2) is 14.2. The first kappa shape index (κ1) is 21.6. The van der Waals surface area contributed by atoms with Crippen molar-refractivity contribution in [3.8, 4) is 0 Å². The van der Waals surface area contributed by atoms with Crippen LogP contribution in [0.3, 0.4) is 0 Å². The van der Waals surface area contributed by atoms with Crippen LogP contribution in [0.2, 0.25) is 0 Å². The SMILES string of the molecule is CC(CNS)OCCOCCOCC(F)CNC(=O)C(C)C. The summed E-state index contributed by atoms with van der Waals surface area (Å²) in [5.74, 6) is -0.302. The minimum Gasteiger partial charge on any atom is -0.377 e. The highest BCUT2D eigenvalue weighted by Gasteiger charge is 2.11. The van der Waals surface area contributed by atoms with Crippen molar-refractivity contribution < 1.29 is 23.4 Å². The topological polar surface area (TPSA) is 68.8 Å². The molecule has 2 N–H and O–H groups in total. The maximum Gasteiger partial charge on any atom is 0.222 e. The molecular weight excluding hydrogens is 311 g/mol. The molecule has 0 saturated heterocycles. The van der Waals surface area contributed by atoms with Gasteiger partial charge in [0.2, 0.25) is 5.91 Å². The molecule has 0 aromatic heterocycles. The summed E-state index contributed by atoms with van der Waals surface area (Å²) in [6.07, 6.45) is -1.13. The summed E-state index contributed by atoms with van der Waals surface area (Å²) in [6.45, 7) is 7.69. The lowest BCUT2D eigenvalue weighted by molar-refractivity contribution is -0.124. The Kier molecular flexibility index (Phi) is 13.9. The van der Waals surface area contributed by atoms with Crippen LogP contribution in [0.15, 0.2) is 0 Å². The van der Waals surface area contributed by atoms with E-state index < -0.39 is 6.17 Å². The Morgan fingerprint density at radius 3 is 2.36 bits per heavy atom. The fourth-order valence-corrected chi connectivity index (χ4v) is 1.66. The van der Waals surface area contributed by atoms with E-state index in [1.807, 2.05) is 6.92 Å². The second-order valence-corrected chi connectivity index (χ2v) is 5.54. The fraction of sp³-hybridized carbons (Fsp3) is 0.929. The molecule has 1 amide bonds. The summed E-state index contributed by atoms with van der Waals surface area (Å²) >= 11 is 3.88. The predicted octanol–water partition coefficient (Wildman–Crippen LogP) is 0.969. The molecule has 22 heavy (non-hydrogen) atoms. The zero-order valence-electron chi connectivity index (χ0n) is 13.6. The van der Waals surface area contributed by atoms with Gasteiger partial charge in [-0.25, -0.2) is 4.39 Å². The lowest BCUT2D eigenvalue weighted by atomic mass is 10.2. The van der Waals surface area contributed by atoms with Crippen LogP contribution >= 0.6 is 12.8 Å². The van der Waals surface area contributed by atoms with Gasteiger partial charge in [0.05, 0.1) is 45.7 Å². The lowest BCUT2D eigenvalue weighted by Gasteiger charge is -2.13. The van der Waals surface area contributed by atoms with Gasteiger partial charge in [-0.05, 0) is 6.92 Å². The molecule has 0 aromatic rings. The van der Waals surface area contributed by atoms with Gasteiger partial charge in [0.1, 0.15) is 6.17 Å². The van der Waals surface area contributed by atoms with Crippen LogP contribution in [0.4, 0.5) is 4.39 Å². The van der Waals surface area contributed by atoms with Gasteiger partial charge in [-0.15, -0.1) is 0 Å². The number of hydrogen-bond acceptors (Lipinski definition) is 6. The Morgan fingerprint density at radius 1 is 1.09 bits per heavy atom. The van der Waals surface area contributed by atoms with Crippen LogP contribution in [-0.4, -0.2) is 64.3 Å². The van der Waals surface area contributed by atoms with Gasteiger partial charge >= 0.3 is 0 Å². The van der Waals surface area contributed by atoms with Crippen molar-refractivity contribution in [2.24, 2.45) is 5.92 Å². The lowest BCUT2D eigenvalue weighted by Crippen LogP contribution is -2.35. The number of halogens is 1. The Bertz CT molecular complexity index is 286. The van der Waals surface area contributed by atoms with Gasteiger partial charge in [-0.3, -0.25) is 9.52 Å². The summed E-state index contributed by atoms with van der Waals surface area (Å²) in [5, 5.41) is 2.52. The molecule has 0 rings (SSSR count). The van der Waals surface area contributed by atoms with Crippen molar-refractivity contribution in [1.29, 1.82) is 0 Å². The molecule has 0 fully saturated rings. The van der Waals surface area contributed by atoms with Gasteiger partial charge in [0.15, 0.2) is 0 Å². The highest BCUT2D eigenvalue weighted by atomic mass is 32.1. The standard InChI is InChI=1S/C14H29FN2O4S/c1-11(2)14(18)16-9-13(15)10-20-5-4-19-6-7-21-12(3)8-17-22/h11-13,17,22H,4-10H2,1-3H3,(H,16,18). The molecule has 0 spiro atoms. The van der Waals surface area contributed by atoms with E-state index in [4.69, 9.17) is 14.2 Å². The molecular formula is C14H29FN2O4S. The third kappa shape index (κ3) is 13.3. The molecule has 0 aliphatic rings. The second-order valence-electron chi connectivity index (χ2n) is 5.23. The van der Waals surface area contributed by atoms with E-state index in [0.29, 0.717) is 33.0 Å². The Hall–Kier alpha value is -0.410. The van der Waals surface area contributed by atoms with Crippen molar-refractivity contribution in [3.63, 3.8) is 0 Å². The number of nitrogens with one attached hydrogen (secondary N) is 2. The number of carbonyl (C=O) groups excluding carboxylic acids is 1. The third-order valence-corrected chi connectivity index (χ3v) is 2.88. The van der Waals surface area contributed by atoms with Gasteiger partial charge in [-0.2, -0.15) is 0 Å². The smallest absolute Gasteiger partial charge is 0.222 e. The molecule has 6 nitrogen and oxygen atoms in total. The monoisotopic (exact) mass is 340 g/mol. The van der Waals surface area contributed by atoms with Gasteiger partial charge in [0, 0.05) is 12.5 Å². The minimum atomic E-state index is -1.21. The third-order valence-electron chi connectivity index (χ3n) is 2.70. The van der Waals surface area contributed by atoms with Gasteiger partial charge < -0.3 is 19.5 Å². The predicted molar refractivity (Wildman–Crippen MR) is 86.8 cm³/mol. The quantitative estimate of drug-likeness (QED) is 0.325. The van der Waals surface area contributed by atoms with E-state index in [0.717, 1.165) is 0 Å². The van der Waals surface area contributed by atoms with Crippen LogP contribution in [0.5, 0.6) is 0 Å². The average Bonchev–Trinajstić information content (AvgIpc) is 2.47. The van der Waals surface area contributed by atoms with E-state index in [-0.39, 0.29) is 31.1 Å². The van der Waals surface area contributed by atoms with Crippen LogP contribution in [0.25, 0.3) is 0 Å². The number of alkyl halides is 1. The van der Waals surface area contributed by atoms with E-state index in [9.17, 15) is 9.18 Å². The number of ether oxygens (including phenoxy) is 3. The van der Waals surface area contributed by atoms with Gasteiger partial charge in [0.25, 0.3) is 0 Å². The minimum absolute atomic E-state index is 0.0250. The molecule has 0 bridgehead atoms. The molecule has 0 aliphatic heterocycles. The zero-order chi connectivity index (χ0) is 16.8. The molecule has 2 atom stereocenters. The molecule has 0 saturated carbocycles. The van der Waals surface area contributed by atoms with Crippen molar-refractivity contribution >= 4 is 18.7 Å². The first-order valence-electron chi connectivity index (χ1n) is 7.53. The maximum atomic E-state index is 13.4. The van der Waals surface area contributed by atoms with Crippen molar-refractivity contribution in [3.05, 3.63) is 0 Å². The van der Waals surface area contributed by atoms with Crippen LogP contribution in [0, 0.1) is 5.92 Å². The normalized spacial score (nSPS) is 14.1. The van der Waals surface area contributed by atoms with E-state index in [1.165, 1.54) is 0 Å². The summed E-state index contributed by atoms with van der Waals surface area (Å²) in [4.78, 5) is 11.3. The van der Waals surface area contributed by atoms with Crippen LogP contribution in [0.1, 0.15) is 20.8 Å². The first-order chi connectivity index (χ1) is 10.5. The van der Waals surface area contributed by atoms with Gasteiger partial charge in [-0.1, -0.05) is 26.7 Å². The number of rotatable bonds is 14. The molecule has 0 aliphatic carbocycles. The molecule has 0 heterocycles. The molecule has 2 unspecified atom stereocenters. The van der Waals surface area contributed by atoms with E-state index in [2.05, 4.69) is 22.9 Å².